The summed E-state index contributed by atoms with van der Waals surface area (Å²) in [6, 6.07) is 4.03. The Bertz CT molecular complexity index is 725. The van der Waals surface area contributed by atoms with Crippen LogP contribution in [-0.4, -0.2) is 57.2 Å². The lowest BCUT2D eigenvalue weighted by Gasteiger charge is -2.17. The molecule has 0 aliphatic carbocycles. The molecule has 2 N–H and O–H groups in total. The number of likely N-dealkylation sites (tertiary alicyclic amines) is 1. The molecule has 2 rings (SSSR count). The molecule has 1 fully saturated rings. The highest BCUT2D eigenvalue weighted by atomic mass is 127. The molecule has 30 heavy (non-hydrogen) atoms. The van der Waals surface area contributed by atoms with Crippen LogP contribution in [0.1, 0.15) is 37.3 Å². The fourth-order valence-corrected chi connectivity index (χ4v) is 3.43. The SMILES string of the molecule is C=CCc1cc(CN=C(NCC)NCCCN2CCCC2=O)cc(OC)c1OC.I. The van der Waals surface area contributed by atoms with E-state index in [1.54, 1.807) is 14.2 Å². The normalized spacial score (nSPS) is 13.6. The summed E-state index contributed by atoms with van der Waals surface area (Å²) in [5, 5.41) is 6.62. The van der Waals surface area contributed by atoms with Gasteiger partial charge in [-0.05, 0) is 43.9 Å². The summed E-state index contributed by atoms with van der Waals surface area (Å²) < 4.78 is 11.0. The van der Waals surface area contributed by atoms with Crippen molar-refractivity contribution in [3.8, 4) is 11.5 Å². The average molecular weight is 530 g/mol. The molecule has 1 aromatic rings. The second-order valence-electron chi connectivity index (χ2n) is 6.94. The van der Waals surface area contributed by atoms with Gasteiger partial charge in [-0.3, -0.25) is 4.79 Å². The molecule has 1 amide bonds. The minimum Gasteiger partial charge on any atom is -0.493 e. The lowest BCUT2D eigenvalue weighted by molar-refractivity contribution is -0.127. The maximum atomic E-state index is 11.7. The second-order valence-corrected chi connectivity index (χ2v) is 6.94. The molecule has 1 heterocycles. The van der Waals surface area contributed by atoms with Gasteiger partial charge in [0.25, 0.3) is 0 Å². The second kappa shape index (κ2) is 14.1. The molecular weight excluding hydrogens is 495 g/mol. The highest BCUT2D eigenvalue weighted by Gasteiger charge is 2.19. The first-order valence-corrected chi connectivity index (χ1v) is 10.3. The maximum absolute atomic E-state index is 11.7. The van der Waals surface area contributed by atoms with Crippen molar-refractivity contribution in [2.45, 2.75) is 39.2 Å². The fourth-order valence-electron chi connectivity index (χ4n) is 3.43. The highest BCUT2D eigenvalue weighted by molar-refractivity contribution is 14.0. The number of ether oxygens (including phenoxy) is 2. The van der Waals surface area contributed by atoms with Gasteiger partial charge in [0.1, 0.15) is 0 Å². The van der Waals surface area contributed by atoms with Crippen LogP contribution in [0.25, 0.3) is 0 Å². The van der Waals surface area contributed by atoms with Crippen LogP contribution in [0, 0.1) is 0 Å². The number of methoxy groups -OCH3 is 2. The van der Waals surface area contributed by atoms with E-state index in [9.17, 15) is 4.79 Å². The Kier molecular flexibility index (Phi) is 12.3. The van der Waals surface area contributed by atoms with Crippen molar-refractivity contribution in [3.63, 3.8) is 0 Å². The van der Waals surface area contributed by atoms with Crippen LogP contribution in [-0.2, 0) is 17.8 Å². The third-order valence-electron chi connectivity index (χ3n) is 4.81. The Morgan fingerprint density at radius 3 is 2.70 bits per heavy atom. The van der Waals surface area contributed by atoms with Crippen LogP contribution >= 0.6 is 24.0 Å². The number of amides is 1. The summed E-state index contributed by atoms with van der Waals surface area (Å²) in [5.41, 5.74) is 2.07. The van der Waals surface area contributed by atoms with Gasteiger partial charge in [0.2, 0.25) is 5.91 Å². The molecule has 0 atom stereocenters. The van der Waals surface area contributed by atoms with Crippen LogP contribution in [0.2, 0.25) is 0 Å². The number of benzene rings is 1. The minimum absolute atomic E-state index is 0. The Hall–Kier alpha value is -1.97. The van der Waals surface area contributed by atoms with Crippen LogP contribution < -0.4 is 20.1 Å². The zero-order valence-corrected chi connectivity index (χ0v) is 20.7. The Morgan fingerprint density at radius 1 is 1.30 bits per heavy atom. The van der Waals surface area contributed by atoms with E-state index in [1.165, 1.54) is 0 Å². The van der Waals surface area contributed by atoms with Gasteiger partial charge in [0.05, 0.1) is 20.8 Å². The van der Waals surface area contributed by atoms with Crippen LogP contribution in [0.5, 0.6) is 11.5 Å². The predicted molar refractivity (Wildman–Crippen MR) is 132 cm³/mol. The highest BCUT2D eigenvalue weighted by Crippen LogP contribution is 2.33. The molecular formula is C22H35IN4O3. The Labute approximate surface area is 197 Å². The standard InChI is InChI=1S/C22H34N4O3.HI/c1-5-9-18-14-17(15-19(28-3)21(18)29-4)16-25-22(23-6-2)24-11-8-13-26-12-7-10-20(26)27;/h5,14-15H,1,6-13,16H2,2-4H3,(H2,23,24,25);1H. The number of carbonyl (C=O) groups is 1. The molecule has 0 saturated carbocycles. The predicted octanol–water partition coefficient (Wildman–Crippen LogP) is 3.12. The number of halogens is 1. The van der Waals surface area contributed by atoms with E-state index in [2.05, 4.69) is 23.3 Å². The number of allylic oxidation sites excluding steroid dienone is 1. The molecule has 0 unspecified atom stereocenters. The number of aliphatic imine (C=N–C) groups is 1. The number of hydrogen-bond donors (Lipinski definition) is 2. The smallest absolute Gasteiger partial charge is 0.222 e. The zero-order valence-electron chi connectivity index (χ0n) is 18.3. The summed E-state index contributed by atoms with van der Waals surface area (Å²) in [5.74, 6) is 2.47. The molecule has 1 aromatic carbocycles. The quantitative estimate of drug-likeness (QED) is 0.151. The first-order chi connectivity index (χ1) is 14.1. The lowest BCUT2D eigenvalue weighted by atomic mass is 10.1. The molecule has 0 spiro atoms. The van der Waals surface area contributed by atoms with Crippen molar-refractivity contribution in [1.29, 1.82) is 0 Å². The van der Waals surface area contributed by atoms with E-state index in [0.717, 1.165) is 61.9 Å². The van der Waals surface area contributed by atoms with E-state index in [0.29, 0.717) is 25.1 Å². The number of guanidine groups is 1. The van der Waals surface area contributed by atoms with E-state index >= 15 is 0 Å². The zero-order chi connectivity index (χ0) is 21.1. The van der Waals surface area contributed by atoms with Gasteiger partial charge in [-0.1, -0.05) is 6.08 Å². The summed E-state index contributed by atoms with van der Waals surface area (Å²) >= 11 is 0. The molecule has 0 aromatic heterocycles. The first-order valence-electron chi connectivity index (χ1n) is 10.3. The van der Waals surface area contributed by atoms with Crippen molar-refractivity contribution >= 4 is 35.8 Å². The Balaban J connectivity index is 0.00000450. The lowest BCUT2D eigenvalue weighted by Crippen LogP contribution is -2.39. The van der Waals surface area contributed by atoms with Crippen molar-refractivity contribution in [1.82, 2.24) is 15.5 Å². The van der Waals surface area contributed by atoms with Gasteiger partial charge in [-0.15, -0.1) is 30.6 Å². The van der Waals surface area contributed by atoms with Crippen LogP contribution in [0.15, 0.2) is 29.8 Å². The van der Waals surface area contributed by atoms with E-state index in [4.69, 9.17) is 14.5 Å². The number of carbonyl (C=O) groups excluding carboxylic acids is 1. The molecule has 1 aliphatic rings. The van der Waals surface area contributed by atoms with Gasteiger partial charge in [0.15, 0.2) is 17.5 Å². The minimum atomic E-state index is 0. The van der Waals surface area contributed by atoms with Crippen molar-refractivity contribution in [2.75, 3.05) is 40.4 Å². The van der Waals surface area contributed by atoms with Crippen LogP contribution in [0.3, 0.4) is 0 Å². The molecule has 1 saturated heterocycles. The third kappa shape index (κ3) is 7.70. The maximum Gasteiger partial charge on any atom is 0.222 e. The molecule has 168 valence electrons. The van der Waals surface area contributed by atoms with Gasteiger partial charge in [-0.25, -0.2) is 4.99 Å². The van der Waals surface area contributed by atoms with Gasteiger partial charge >= 0.3 is 0 Å². The molecule has 7 nitrogen and oxygen atoms in total. The van der Waals surface area contributed by atoms with Gasteiger partial charge in [0, 0.05) is 38.2 Å². The first kappa shape index (κ1) is 26.1. The van der Waals surface area contributed by atoms with Crippen molar-refractivity contribution < 1.29 is 14.3 Å². The largest absolute Gasteiger partial charge is 0.493 e. The molecule has 0 radical (unpaired) electrons. The van der Waals surface area contributed by atoms with Crippen molar-refractivity contribution in [2.24, 2.45) is 4.99 Å². The molecule has 1 aliphatic heterocycles. The number of hydrogen-bond acceptors (Lipinski definition) is 4. The number of nitrogens with zero attached hydrogens (tertiary/aromatic N) is 2. The van der Waals surface area contributed by atoms with E-state index < -0.39 is 0 Å². The van der Waals surface area contributed by atoms with Crippen molar-refractivity contribution in [3.05, 3.63) is 35.9 Å². The Morgan fingerprint density at radius 2 is 2.10 bits per heavy atom. The summed E-state index contributed by atoms with van der Waals surface area (Å²) in [4.78, 5) is 18.3. The average Bonchev–Trinajstić information content (AvgIpc) is 3.13. The van der Waals surface area contributed by atoms with E-state index in [-0.39, 0.29) is 29.9 Å². The summed E-state index contributed by atoms with van der Waals surface area (Å²) in [6.07, 6.45) is 5.12. The molecule has 0 bridgehead atoms. The topological polar surface area (TPSA) is 75.2 Å². The number of rotatable bonds is 11. The van der Waals surface area contributed by atoms with Gasteiger partial charge < -0.3 is 25.0 Å². The number of nitrogens with one attached hydrogen (secondary N) is 2. The van der Waals surface area contributed by atoms with Crippen LogP contribution in [0.4, 0.5) is 0 Å². The van der Waals surface area contributed by atoms with Gasteiger partial charge in [-0.2, -0.15) is 0 Å². The summed E-state index contributed by atoms with van der Waals surface area (Å²) in [7, 11) is 3.28. The fraction of sp³-hybridized carbons (Fsp3) is 0.545. The van der Waals surface area contributed by atoms with E-state index in [1.807, 2.05) is 24.0 Å². The summed E-state index contributed by atoms with van der Waals surface area (Å²) in [6.45, 7) is 9.61. The third-order valence-corrected chi connectivity index (χ3v) is 4.81. The molecule has 8 heteroatoms. The monoisotopic (exact) mass is 530 g/mol.